The smallest absolute Gasteiger partial charge is 0.253 e. The molecule has 0 radical (unpaired) electrons. The molecule has 2 aromatic carbocycles. The molecule has 1 atom stereocenters. The average Bonchev–Trinajstić information content (AvgIpc) is 3.16. The molecule has 3 rings (SSSR count). The van der Waals surface area contributed by atoms with Gasteiger partial charge < -0.3 is 15.2 Å². The molecule has 9 heteroatoms. The zero-order valence-electron chi connectivity index (χ0n) is 20.0. The van der Waals surface area contributed by atoms with Crippen LogP contribution in [0.25, 0.3) is 0 Å². The number of thioether (sulfide) groups is 1. The standard InChI is InChI=1S/C25H30ClN5O2S/c1-15(2)17-10-7-9-13-20(17)27-21(32)14-34-25-30-29-23(31(25)5)22(16(3)4)28-24(33)18-11-6-8-12-19(18)26/h6-13,15-16,22H,14H2,1-5H3,(H,27,32)(H,28,33). The average molecular weight is 500 g/mol. The van der Waals surface area contributed by atoms with Gasteiger partial charge in [-0.2, -0.15) is 0 Å². The van der Waals surface area contributed by atoms with E-state index in [1.807, 2.05) is 49.7 Å². The number of rotatable bonds is 9. The summed E-state index contributed by atoms with van der Waals surface area (Å²) in [6.45, 7) is 8.18. The van der Waals surface area contributed by atoms with Gasteiger partial charge in [0.15, 0.2) is 11.0 Å². The van der Waals surface area contributed by atoms with Crippen molar-refractivity contribution in [3.05, 3.63) is 70.5 Å². The topological polar surface area (TPSA) is 88.9 Å². The molecule has 0 saturated carbocycles. The van der Waals surface area contributed by atoms with Crippen LogP contribution in [0, 0.1) is 5.92 Å². The Hall–Kier alpha value is -2.84. The van der Waals surface area contributed by atoms with Crippen LogP contribution in [0.5, 0.6) is 0 Å². The molecule has 1 aromatic heterocycles. The number of hydrogen-bond donors (Lipinski definition) is 2. The quantitative estimate of drug-likeness (QED) is 0.382. The van der Waals surface area contributed by atoms with Gasteiger partial charge in [-0.3, -0.25) is 9.59 Å². The van der Waals surface area contributed by atoms with Crippen molar-refractivity contribution in [2.75, 3.05) is 11.1 Å². The van der Waals surface area contributed by atoms with Crippen molar-refractivity contribution in [1.82, 2.24) is 20.1 Å². The zero-order chi connectivity index (χ0) is 24.8. The molecule has 2 amide bonds. The van der Waals surface area contributed by atoms with Crippen LogP contribution in [0.1, 0.15) is 61.4 Å². The van der Waals surface area contributed by atoms with E-state index >= 15 is 0 Å². The monoisotopic (exact) mass is 499 g/mol. The zero-order valence-corrected chi connectivity index (χ0v) is 21.6. The Labute approximate surface area is 209 Å². The van der Waals surface area contributed by atoms with Crippen LogP contribution in [0.4, 0.5) is 5.69 Å². The Morgan fingerprint density at radius 2 is 1.71 bits per heavy atom. The molecule has 0 aliphatic carbocycles. The van der Waals surface area contributed by atoms with E-state index < -0.39 is 0 Å². The van der Waals surface area contributed by atoms with E-state index in [-0.39, 0.29) is 29.5 Å². The Morgan fingerprint density at radius 1 is 1.03 bits per heavy atom. The lowest BCUT2D eigenvalue weighted by atomic mass is 10.0. The highest BCUT2D eigenvalue weighted by atomic mass is 35.5. The lowest BCUT2D eigenvalue weighted by Gasteiger charge is -2.22. The minimum atomic E-state index is -0.373. The molecular formula is C25H30ClN5O2S. The first-order valence-electron chi connectivity index (χ1n) is 11.1. The Balaban J connectivity index is 1.68. The van der Waals surface area contributed by atoms with E-state index in [0.29, 0.717) is 27.5 Å². The second kappa shape index (κ2) is 11.5. The lowest BCUT2D eigenvalue weighted by Crippen LogP contribution is -2.33. The number of nitrogens with zero attached hydrogens (tertiary/aromatic N) is 3. The van der Waals surface area contributed by atoms with Gasteiger partial charge in [-0.1, -0.05) is 81.4 Å². The summed E-state index contributed by atoms with van der Waals surface area (Å²) < 4.78 is 1.82. The number of benzene rings is 2. The number of halogens is 1. The molecule has 180 valence electrons. The van der Waals surface area contributed by atoms with Crippen molar-refractivity contribution in [1.29, 1.82) is 0 Å². The Morgan fingerprint density at radius 3 is 2.38 bits per heavy atom. The van der Waals surface area contributed by atoms with Crippen molar-refractivity contribution >= 4 is 40.9 Å². The van der Waals surface area contributed by atoms with Gasteiger partial charge in [0, 0.05) is 12.7 Å². The molecule has 0 aliphatic heterocycles. The molecule has 3 aromatic rings. The van der Waals surface area contributed by atoms with E-state index in [2.05, 4.69) is 34.7 Å². The summed E-state index contributed by atoms with van der Waals surface area (Å²) in [6.07, 6.45) is 0. The molecule has 0 saturated heterocycles. The minimum absolute atomic E-state index is 0.0584. The molecule has 0 fully saturated rings. The molecule has 0 bridgehead atoms. The van der Waals surface area contributed by atoms with Gasteiger partial charge in [-0.15, -0.1) is 10.2 Å². The third kappa shape index (κ3) is 6.18. The van der Waals surface area contributed by atoms with Crippen molar-refractivity contribution in [3.63, 3.8) is 0 Å². The number of carbonyl (C=O) groups excluding carboxylic acids is 2. The fourth-order valence-corrected chi connectivity index (χ4v) is 4.49. The highest BCUT2D eigenvalue weighted by Crippen LogP contribution is 2.27. The number of amides is 2. The molecule has 34 heavy (non-hydrogen) atoms. The normalized spacial score (nSPS) is 12.1. The number of anilines is 1. The van der Waals surface area contributed by atoms with E-state index in [1.165, 1.54) is 11.8 Å². The third-order valence-corrected chi connectivity index (χ3v) is 6.76. The van der Waals surface area contributed by atoms with Gasteiger partial charge in [0.2, 0.25) is 5.91 Å². The van der Waals surface area contributed by atoms with Gasteiger partial charge in [-0.25, -0.2) is 0 Å². The van der Waals surface area contributed by atoms with E-state index in [9.17, 15) is 9.59 Å². The van der Waals surface area contributed by atoms with Crippen LogP contribution < -0.4 is 10.6 Å². The van der Waals surface area contributed by atoms with Crippen molar-refractivity contribution in [2.24, 2.45) is 13.0 Å². The van der Waals surface area contributed by atoms with E-state index in [4.69, 9.17) is 11.6 Å². The fourth-order valence-electron chi connectivity index (χ4n) is 3.55. The molecule has 0 spiro atoms. The van der Waals surface area contributed by atoms with Crippen LogP contribution in [0.3, 0.4) is 0 Å². The highest BCUT2D eigenvalue weighted by Gasteiger charge is 2.26. The Bertz CT molecular complexity index is 1160. The maximum atomic E-state index is 12.8. The minimum Gasteiger partial charge on any atom is -0.342 e. The predicted molar refractivity (Wildman–Crippen MR) is 137 cm³/mol. The first kappa shape index (κ1) is 25.8. The molecule has 1 unspecified atom stereocenters. The van der Waals surface area contributed by atoms with Gasteiger partial charge in [-0.05, 0) is 35.6 Å². The first-order valence-corrected chi connectivity index (χ1v) is 12.5. The van der Waals surface area contributed by atoms with Crippen LogP contribution in [0.2, 0.25) is 5.02 Å². The molecular weight excluding hydrogens is 470 g/mol. The molecule has 2 N–H and O–H groups in total. The summed E-state index contributed by atoms with van der Waals surface area (Å²) >= 11 is 7.48. The molecule has 7 nitrogen and oxygen atoms in total. The number of para-hydroxylation sites is 1. The Kier molecular flexibility index (Phi) is 8.74. The summed E-state index contributed by atoms with van der Waals surface area (Å²) in [5, 5.41) is 15.6. The largest absolute Gasteiger partial charge is 0.342 e. The number of nitrogens with one attached hydrogen (secondary N) is 2. The summed E-state index contributed by atoms with van der Waals surface area (Å²) in [5.41, 5.74) is 2.32. The summed E-state index contributed by atoms with van der Waals surface area (Å²) in [6, 6.07) is 14.4. The van der Waals surface area contributed by atoms with Crippen molar-refractivity contribution in [2.45, 2.75) is 44.8 Å². The molecule has 0 aliphatic rings. The lowest BCUT2D eigenvalue weighted by molar-refractivity contribution is -0.113. The van der Waals surface area contributed by atoms with Crippen LogP contribution in [-0.4, -0.2) is 32.3 Å². The summed E-state index contributed by atoms with van der Waals surface area (Å²) in [4.78, 5) is 25.4. The van der Waals surface area contributed by atoms with Gasteiger partial charge in [0.25, 0.3) is 5.91 Å². The SMILES string of the molecule is CC(C)c1ccccc1NC(=O)CSc1nnc(C(NC(=O)c2ccccc2Cl)C(C)C)n1C. The fraction of sp³-hybridized carbons (Fsp3) is 0.360. The van der Waals surface area contributed by atoms with Crippen molar-refractivity contribution in [3.8, 4) is 0 Å². The van der Waals surface area contributed by atoms with Crippen LogP contribution in [-0.2, 0) is 11.8 Å². The summed E-state index contributed by atoms with van der Waals surface area (Å²) in [5.74, 6) is 0.780. The second-order valence-electron chi connectivity index (χ2n) is 8.65. The van der Waals surface area contributed by atoms with Gasteiger partial charge >= 0.3 is 0 Å². The number of hydrogen-bond acceptors (Lipinski definition) is 5. The second-order valence-corrected chi connectivity index (χ2v) is 10.0. The maximum Gasteiger partial charge on any atom is 0.253 e. The molecule has 1 heterocycles. The van der Waals surface area contributed by atoms with Crippen LogP contribution >= 0.6 is 23.4 Å². The summed E-state index contributed by atoms with van der Waals surface area (Å²) in [7, 11) is 1.83. The number of aromatic nitrogens is 3. The van der Waals surface area contributed by atoms with Crippen LogP contribution in [0.15, 0.2) is 53.7 Å². The van der Waals surface area contributed by atoms with Gasteiger partial charge in [0.1, 0.15) is 0 Å². The predicted octanol–water partition coefficient (Wildman–Crippen LogP) is 5.45. The van der Waals surface area contributed by atoms with Crippen molar-refractivity contribution < 1.29 is 9.59 Å². The van der Waals surface area contributed by atoms with E-state index in [0.717, 1.165) is 11.3 Å². The first-order chi connectivity index (χ1) is 16.2. The third-order valence-electron chi connectivity index (χ3n) is 5.41. The maximum absolute atomic E-state index is 12.8. The highest BCUT2D eigenvalue weighted by molar-refractivity contribution is 7.99. The number of carbonyl (C=O) groups is 2. The van der Waals surface area contributed by atoms with E-state index in [1.54, 1.807) is 24.3 Å². The van der Waals surface area contributed by atoms with Gasteiger partial charge in [0.05, 0.1) is 22.4 Å².